The average molecular weight is 583 g/mol. The van der Waals surface area contributed by atoms with Crippen LogP contribution in [0.25, 0.3) is 17.2 Å². The predicted molar refractivity (Wildman–Crippen MR) is 155 cm³/mol. The molecule has 3 atom stereocenters. The number of halogens is 3. The molecular formula is C30H35F3N5O2Si+. The standard InChI is InChI=1S/C30H35F3N5O2Si/c1-29(2,3)41(6,7)40-30(4,5)27-34-14-18(15-35-27)19-11-17-12-23-26-22(36-21(17)13-20(19)31)16-38(23)24(37-26)9-8-10-25(38)39-28(32)33/h8-15,22,25,28,36H,16H2,1-7H3/q+1/t22-,25?,38-/m1/s1. The minimum atomic E-state index is -2.93. The summed E-state index contributed by atoms with van der Waals surface area (Å²) in [7, 11) is -2.09. The third-order valence-corrected chi connectivity index (χ3v) is 13.5. The van der Waals surface area contributed by atoms with Gasteiger partial charge in [0, 0.05) is 53.0 Å². The van der Waals surface area contributed by atoms with E-state index >= 15 is 4.39 Å². The smallest absolute Gasteiger partial charge is 0.349 e. The molecule has 1 spiro atoms. The van der Waals surface area contributed by atoms with Crippen LogP contribution in [0.4, 0.5) is 18.9 Å². The van der Waals surface area contributed by atoms with Crippen molar-refractivity contribution in [1.29, 1.82) is 0 Å². The molecule has 216 valence electrons. The van der Waals surface area contributed by atoms with Crippen molar-refractivity contribution in [2.24, 2.45) is 4.99 Å². The molecule has 1 N–H and O–H groups in total. The Balaban J connectivity index is 1.35. The van der Waals surface area contributed by atoms with E-state index in [1.807, 2.05) is 26.0 Å². The molecule has 0 radical (unpaired) electrons. The zero-order chi connectivity index (χ0) is 29.5. The number of ether oxygens (including phenoxy) is 1. The van der Waals surface area contributed by atoms with Crippen molar-refractivity contribution in [3.05, 3.63) is 71.5 Å². The monoisotopic (exact) mass is 582 g/mol. The van der Waals surface area contributed by atoms with Crippen molar-refractivity contribution in [3.8, 4) is 11.1 Å². The molecule has 7 nitrogen and oxygen atoms in total. The highest BCUT2D eigenvalue weighted by Crippen LogP contribution is 2.50. The van der Waals surface area contributed by atoms with Crippen LogP contribution in [0, 0.1) is 5.82 Å². The lowest BCUT2D eigenvalue weighted by Gasteiger charge is -2.42. The zero-order valence-electron chi connectivity index (χ0n) is 24.3. The maximum absolute atomic E-state index is 15.5. The Morgan fingerprint density at radius 2 is 1.80 bits per heavy atom. The number of nitrogens with zero attached hydrogens (tertiary/aromatic N) is 4. The number of hydrogen-bond acceptors (Lipinski definition) is 6. The van der Waals surface area contributed by atoms with Crippen molar-refractivity contribution in [3.63, 3.8) is 0 Å². The fraction of sp³-hybridized carbons (Fsp3) is 0.433. The van der Waals surface area contributed by atoms with E-state index < -0.39 is 32.6 Å². The van der Waals surface area contributed by atoms with Crippen molar-refractivity contribution >= 4 is 25.8 Å². The first kappa shape index (κ1) is 28.0. The van der Waals surface area contributed by atoms with Crippen LogP contribution in [0.15, 0.2) is 59.3 Å². The van der Waals surface area contributed by atoms with E-state index in [0.717, 1.165) is 17.0 Å². The third kappa shape index (κ3) is 4.41. The third-order valence-electron chi connectivity index (χ3n) is 8.91. The highest BCUT2D eigenvalue weighted by molar-refractivity contribution is 6.74. The molecular weight excluding hydrogens is 547 g/mol. The number of rotatable bonds is 6. The molecule has 11 heteroatoms. The summed E-state index contributed by atoms with van der Waals surface area (Å²) in [6.45, 7) is 12.4. The van der Waals surface area contributed by atoms with Gasteiger partial charge in [-0.2, -0.15) is 13.8 Å². The molecule has 6 rings (SSSR count). The summed E-state index contributed by atoms with van der Waals surface area (Å²) in [6.07, 6.45) is 9.41. The number of quaternary nitrogens is 1. The van der Waals surface area contributed by atoms with Crippen molar-refractivity contribution in [2.45, 2.75) is 77.2 Å². The molecule has 1 unspecified atom stereocenters. The van der Waals surface area contributed by atoms with Gasteiger partial charge < -0.3 is 9.74 Å². The minimum Gasteiger partial charge on any atom is -0.405 e. The second kappa shape index (κ2) is 9.19. The number of alkyl halides is 2. The van der Waals surface area contributed by atoms with Crippen molar-refractivity contribution in [2.75, 3.05) is 11.9 Å². The number of allylic oxidation sites excluding steroid dienone is 2. The number of aliphatic imine (C=N–C) groups is 1. The predicted octanol–water partition coefficient (Wildman–Crippen LogP) is 6.94. The maximum atomic E-state index is 15.5. The SMILES string of the molecule is CC(C)(O[Si](C)(C)C(C)(C)C)c1ncc(-c2cc3c(cc2F)N[C@@H]2C[N@@+]45C(=CC=CC4OC(F)F)N=C2C5=C3)cn1. The number of benzene rings is 1. The molecule has 4 aliphatic heterocycles. The molecule has 1 aromatic heterocycles. The summed E-state index contributed by atoms with van der Waals surface area (Å²) in [4.78, 5) is 13.9. The number of aromatic nitrogens is 2. The van der Waals surface area contributed by atoms with Gasteiger partial charge in [0.05, 0.1) is 0 Å². The van der Waals surface area contributed by atoms with Crippen molar-refractivity contribution in [1.82, 2.24) is 9.97 Å². The van der Waals surface area contributed by atoms with Gasteiger partial charge in [0.2, 0.25) is 12.0 Å². The number of nitrogens with one attached hydrogen (secondary N) is 1. The van der Waals surface area contributed by atoms with Crippen LogP contribution in [0.5, 0.6) is 0 Å². The van der Waals surface area contributed by atoms with Gasteiger partial charge in [0.25, 0.3) is 0 Å². The Hall–Kier alpha value is -3.12. The Morgan fingerprint density at radius 1 is 1.10 bits per heavy atom. The molecule has 0 aliphatic carbocycles. The van der Waals surface area contributed by atoms with E-state index in [0.29, 0.717) is 35.0 Å². The van der Waals surface area contributed by atoms with E-state index in [1.54, 1.807) is 30.6 Å². The average Bonchev–Trinajstić information content (AvgIpc) is 3.26. The lowest BCUT2D eigenvalue weighted by molar-refractivity contribution is -0.887. The molecule has 1 fully saturated rings. The summed E-state index contributed by atoms with van der Waals surface area (Å²) in [5.41, 5.74) is 3.03. The Labute approximate surface area is 239 Å². The highest BCUT2D eigenvalue weighted by Gasteiger charge is 2.62. The molecule has 1 saturated heterocycles. The van der Waals surface area contributed by atoms with Gasteiger partial charge in [-0.3, -0.25) is 4.74 Å². The van der Waals surface area contributed by atoms with Gasteiger partial charge in [0.15, 0.2) is 19.8 Å². The largest absolute Gasteiger partial charge is 0.405 e. The van der Waals surface area contributed by atoms with Gasteiger partial charge in [0.1, 0.15) is 29.7 Å². The lowest BCUT2D eigenvalue weighted by Crippen LogP contribution is -2.54. The summed E-state index contributed by atoms with van der Waals surface area (Å²) >= 11 is 0. The Kier molecular flexibility index (Phi) is 6.28. The normalized spacial score (nSPS) is 24.8. The van der Waals surface area contributed by atoms with E-state index in [2.05, 4.69) is 49.1 Å². The Bertz CT molecular complexity index is 1540. The van der Waals surface area contributed by atoms with Gasteiger partial charge >= 0.3 is 6.61 Å². The second-order valence-electron chi connectivity index (χ2n) is 13.1. The van der Waals surface area contributed by atoms with Crippen LogP contribution in [-0.2, 0) is 14.8 Å². The van der Waals surface area contributed by atoms with Crippen molar-refractivity contribution < 1.29 is 26.8 Å². The zero-order valence-corrected chi connectivity index (χ0v) is 25.3. The molecule has 4 bridgehead atoms. The van der Waals surface area contributed by atoms with E-state index in [4.69, 9.17) is 14.2 Å². The van der Waals surface area contributed by atoms with Crippen LogP contribution < -0.4 is 5.32 Å². The summed E-state index contributed by atoms with van der Waals surface area (Å²) in [5, 5.41) is 3.41. The first-order valence-electron chi connectivity index (χ1n) is 13.8. The van der Waals surface area contributed by atoms with E-state index in [1.165, 1.54) is 6.07 Å². The molecule has 2 aromatic rings. The quantitative estimate of drug-likeness (QED) is 0.295. The summed E-state index contributed by atoms with van der Waals surface area (Å²) in [5.74, 6) is 0.776. The first-order chi connectivity index (χ1) is 19.1. The van der Waals surface area contributed by atoms with Gasteiger partial charge in [-0.05, 0) is 50.2 Å². The fourth-order valence-corrected chi connectivity index (χ4v) is 7.58. The van der Waals surface area contributed by atoms with E-state index in [-0.39, 0.29) is 15.6 Å². The van der Waals surface area contributed by atoms with Crippen LogP contribution >= 0.6 is 0 Å². The number of hydrogen-bond donors (Lipinski definition) is 1. The lowest BCUT2D eigenvalue weighted by atomic mass is 10.0. The first-order valence-corrected chi connectivity index (χ1v) is 16.7. The fourth-order valence-electron chi connectivity index (χ4n) is 5.91. The highest BCUT2D eigenvalue weighted by atomic mass is 28.4. The number of fused-ring (bicyclic) bond motifs is 1. The van der Waals surface area contributed by atoms with Crippen LogP contribution in [-0.4, -0.2) is 53.9 Å². The number of anilines is 1. The molecule has 1 aromatic carbocycles. The van der Waals surface area contributed by atoms with Crippen LogP contribution in [0.1, 0.15) is 46.0 Å². The summed E-state index contributed by atoms with van der Waals surface area (Å²) in [6, 6.07) is 2.95. The van der Waals surface area contributed by atoms with Gasteiger partial charge in [-0.1, -0.05) is 20.8 Å². The second-order valence-corrected chi connectivity index (χ2v) is 17.8. The van der Waals surface area contributed by atoms with Gasteiger partial charge in [-0.25, -0.2) is 18.8 Å². The molecule has 41 heavy (non-hydrogen) atoms. The Morgan fingerprint density at radius 3 is 2.46 bits per heavy atom. The molecule has 0 saturated carbocycles. The van der Waals surface area contributed by atoms with Crippen LogP contribution in [0.2, 0.25) is 18.1 Å². The van der Waals surface area contributed by atoms with E-state index in [9.17, 15) is 8.78 Å². The summed E-state index contributed by atoms with van der Waals surface area (Å²) < 4.78 is 53.9. The molecule has 0 amide bonds. The molecule has 5 heterocycles. The molecule has 4 aliphatic rings. The van der Waals surface area contributed by atoms with Crippen LogP contribution in [0.3, 0.4) is 0 Å². The minimum absolute atomic E-state index is 0.0244. The van der Waals surface area contributed by atoms with Gasteiger partial charge in [-0.15, -0.1) is 0 Å². The topological polar surface area (TPSA) is 68.6 Å². The maximum Gasteiger partial charge on any atom is 0.349 e.